The highest BCUT2D eigenvalue weighted by molar-refractivity contribution is 6.34. The first-order valence-corrected chi connectivity index (χ1v) is 5.74. The highest BCUT2D eigenvalue weighted by Gasteiger charge is 2.13. The summed E-state index contributed by atoms with van der Waals surface area (Å²) in [5.41, 5.74) is 3.71. The van der Waals surface area contributed by atoms with Gasteiger partial charge in [0.05, 0.1) is 0 Å². The molecule has 17 heavy (non-hydrogen) atoms. The van der Waals surface area contributed by atoms with Gasteiger partial charge in [0.25, 0.3) is 5.91 Å². The molecule has 1 aromatic carbocycles. The first kappa shape index (κ1) is 13.4. The van der Waals surface area contributed by atoms with E-state index in [1.54, 1.807) is 7.05 Å². The topological polar surface area (TPSA) is 37.4 Å². The molecule has 0 N–H and O–H groups in total. The quantitative estimate of drug-likeness (QED) is 0.745. The van der Waals surface area contributed by atoms with E-state index in [1.807, 2.05) is 0 Å². The van der Waals surface area contributed by atoms with Gasteiger partial charge in [-0.3, -0.25) is 9.59 Å². The molecule has 0 atom stereocenters. The van der Waals surface area contributed by atoms with Gasteiger partial charge in [-0.2, -0.15) is 0 Å². The normalized spacial score (nSPS) is 10.1. The number of likely N-dealkylation sites (N-methyl/N-ethyl adjacent to an activating group) is 1. The van der Waals surface area contributed by atoms with Crippen LogP contribution in [0.2, 0.25) is 0 Å². The van der Waals surface area contributed by atoms with E-state index >= 15 is 0 Å². The van der Waals surface area contributed by atoms with Crippen LogP contribution in [0.1, 0.15) is 23.6 Å². The highest BCUT2D eigenvalue weighted by atomic mass is 16.2. The van der Waals surface area contributed by atoms with Crippen molar-refractivity contribution < 1.29 is 9.59 Å². The summed E-state index contributed by atoms with van der Waals surface area (Å²) in [6.45, 7) is 6.02. The molecule has 0 heterocycles. The zero-order valence-electron chi connectivity index (χ0n) is 10.9. The van der Waals surface area contributed by atoms with Crippen LogP contribution in [-0.2, 0) is 16.0 Å². The fourth-order valence-corrected chi connectivity index (χ4v) is 1.63. The maximum absolute atomic E-state index is 11.4. The van der Waals surface area contributed by atoms with Gasteiger partial charge in [-0.05, 0) is 37.0 Å². The van der Waals surface area contributed by atoms with Crippen LogP contribution in [0.15, 0.2) is 18.2 Å². The van der Waals surface area contributed by atoms with E-state index < -0.39 is 11.7 Å². The van der Waals surface area contributed by atoms with E-state index in [0.717, 1.165) is 6.42 Å². The second kappa shape index (κ2) is 5.62. The minimum atomic E-state index is -0.422. The molecular formula is C14H19NO2. The van der Waals surface area contributed by atoms with E-state index in [9.17, 15) is 9.59 Å². The van der Waals surface area contributed by atoms with Crippen molar-refractivity contribution >= 4 is 11.7 Å². The highest BCUT2D eigenvalue weighted by Crippen LogP contribution is 2.10. The Labute approximate surface area is 102 Å². The summed E-state index contributed by atoms with van der Waals surface area (Å²) >= 11 is 0. The number of aryl methyl sites for hydroxylation is 2. The molecule has 0 aliphatic heterocycles. The predicted molar refractivity (Wildman–Crippen MR) is 67.9 cm³/mol. The minimum absolute atomic E-state index is 0.410. The molecule has 0 unspecified atom stereocenters. The Morgan fingerprint density at radius 3 is 2.35 bits per heavy atom. The molecule has 3 nitrogen and oxygen atoms in total. The largest absolute Gasteiger partial charge is 0.339 e. The number of benzene rings is 1. The third-order valence-corrected chi connectivity index (χ3v) is 2.96. The average molecular weight is 233 g/mol. The fourth-order valence-electron chi connectivity index (χ4n) is 1.63. The molecule has 1 amide bonds. The Hall–Kier alpha value is -1.64. The van der Waals surface area contributed by atoms with Crippen molar-refractivity contribution in [1.82, 2.24) is 4.90 Å². The van der Waals surface area contributed by atoms with Crippen molar-refractivity contribution in [3.05, 3.63) is 34.9 Å². The number of nitrogens with zero attached hydrogens (tertiary/aromatic N) is 1. The van der Waals surface area contributed by atoms with E-state index in [4.69, 9.17) is 0 Å². The molecule has 0 saturated carbocycles. The second-order valence-corrected chi connectivity index (χ2v) is 4.45. The molecule has 0 saturated heterocycles. The summed E-state index contributed by atoms with van der Waals surface area (Å²) < 4.78 is 0. The van der Waals surface area contributed by atoms with Crippen molar-refractivity contribution in [2.75, 3.05) is 13.6 Å². The molecule has 92 valence electrons. The van der Waals surface area contributed by atoms with Gasteiger partial charge in [0.15, 0.2) is 0 Å². The summed E-state index contributed by atoms with van der Waals surface area (Å²) in [5.74, 6) is -0.832. The summed E-state index contributed by atoms with van der Waals surface area (Å²) in [5, 5.41) is 0. The summed E-state index contributed by atoms with van der Waals surface area (Å²) in [6.07, 6.45) is 0.774. The monoisotopic (exact) mass is 233 g/mol. The fraction of sp³-hybridized carbons (Fsp3) is 0.429. The SMILES string of the molecule is CC(=O)C(=O)N(C)CCc1ccc(C)c(C)c1. The van der Waals surface area contributed by atoms with Crippen LogP contribution in [-0.4, -0.2) is 30.2 Å². The van der Waals surface area contributed by atoms with Crippen molar-refractivity contribution in [3.63, 3.8) is 0 Å². The number of amides is 1. The van der Waals surface area contributed by atoms with Crippen LogP contribution in [0.5, 0.6) is 0 Å². The van der Waals surface area contributed by atoms with Crippen molar-refractivity contribution in [2.24, 2.45) is 0 Å². The van der Waals surface area contributed by atoms with Gasteiger partial charge in [0.1, 0.15) is 0 Å². The Bertz CT molecular complexity index is 438. The lowest BCUT2D eigenvalue weighted by Gasteiger charge is -2.15. The standard InChI is InChI=1S/C14H19NO2/c1-10-5-6-13(9-11(10)2)7-8-15(4)14(17)12(3)16/h5-6,9H,7-8H2,1-4H3. The van der Waals surface area contributed by atoms with Crippen molar-refractivity contribution in [2.45, 2.75) is 27.2 Å². The summed E-state index contributed by atoms with van der Waals surface area (Å²) in [4.78, 5) is 23.7. The Morgan fingerprint density at radius 2 is 1.82 bits per heavy atom. The van der Waals surface area contributed by atoms with E-state index in [1.165, 1.54) is 28.5 Å². The van der Waals surface area contributed by atoms with E-state index in [2.05, 4.69) is 32.0 Å². The number of rotatable bonds is 4. The molecule has 3 heteroatoms. The zero-order chi connectivity index (χ0) is 13.0. The van der Waals surface area contributed by atoms with Gasteiger partial charge >= 0.3 is 0 Å². The lowest BCUT2D eigenvalue weighted by Crippen LogP contribution is -2.33. The van der Waals surface area contributed by atoms with Gasteiger partial charge in [-0.1, -0.05) is 18.2 Å². The Kier molecular flexibility index (Phi) is 4.44. The summed E-state index contributed by atoms with van der Waals surface area (Å²) in [7, 11) is 1.66. The number of hydrogen-bond donors (Lipinski definition) is 0. The van der Waals surface area contributed by atoms with Gasteiger partial charge in [0.2, 0.25) is 5.78 Å². The van der Waals surface area contributed by atoms with Crippen molar-refractivity contribution in [1.29, 1.82) is 0 Å². The van der Waals surface area contributed by atoms with Crippen molar-refractivity contribution in [3.8, 4) is 0 Å². The van der Waals surface area contributed by atoms with Crippen LogP contribution in [0, 0.1) is 13.8 Å². The van der Waals surface area contributed by atoms with Crippen LogP contribution in [0.3, 0.4) is 0 Å². The van der Waals surface area contributed by atoms with Gasteiger partial charge in [-0.15, -0.1) is 0 Å². The first-order valence-electron chi connectivity index (χ1n) is 5.74. The number of carbonyl (C=O) groups is 2. The molecule has 0 spiro atoms. The van der Waals surface area contributed by atoms with E-state index in [-0.39, 0.29) is 0 Å². The Balaban J connectivity index is 2.58. The molecule has 1 aromatic rings. The van der Waals surface area contributed by atoms with Crippen LogP contribution >= 0.6 is 0 Å². The van der Waals surface area contributed by atoms with Crippen LogP contribution < -0.4 is 0 Å². The Morgan fingerprint density at radius 1 is 1.18 bits per heavy atom. The molecule has 0 radical (unpaired) electrons. The lowest BCUT2D eigenvalue weighted by atomic mass is 10.0. The van der Waals surface area contributed by atoms with Gasteiger partial charge in [0, 0.05) is 20.5 Å². The van der Waals surface area contributed by atoms with Crippen LogP contribution in [0.4, 0.5) is 0 Å². The summed E-state index contributed by atoms with van der Waals surface area (Å²) in [6, 6.07) is 6.27. The minimum Gasteiger partial charge on any atom is -0.339 e. The zero-order valence-corrected chi connectivity index (χ0v) is 10.9. The molecule has 1 rings (SSSR count). The number of carbonyl (C=O) groups excluding carboxylic acids is 2. The maximum Gasteiger partial charge on any atom is 0.289 e. The molecule has 0 aliphatic carbocycles. The second-order valence-electron chi connectivity index (χ2n) is 4.45. The predicted octanol–water partition coefficient (Wildman–Crippen LogP) is 1.89. The van der Waals surface area contributed by atoms with Gasteiger partial charge in [-0.25, -0.2) is 0 Å². The average Bonchev–Trinajstić information content (AvgIpc) is 2.29. The molecule has 0 aliphatic rings. The molecule has 0 fully saturated rings. The smallest absolute Gasteiger partial charge is 0.289 e. The van der Waals surface area contributed by atoms with E-state index in [0.29, 0.717) is 6.54 Å². The first-order chi connectivity index (χ1) is 7.91. The number of hydrogen-bond acceptors (Lipinski definition) is 2. The number of ketones is 1. The third-order valence-electron chi connectivity index (χ3n) is 2.96. The van der Waals surface area contributed by atoms with Crippen LogP contribution in [0.25, 0.3) is 0 Å². The number of Topliss-reactive ketones (excluding diaryl/α,β-unsaturated/α-hetero) is 1. The molecule has 0 bridgehead atoms. The molecule has 0 aromatic heterocycles. The third kappa shape index (κ3) is 3.70. The maximum atomic E-state index is 11.4. The molecular weight excluding hydrogens is 214 g/mol. The van der Waals surface area contributed by atoms with Gasteiger partial charge < -0.3 is 4.90 Å². The lowest BCUT2D eigenvalue weighted by molar-refractivity contribution is -0.142.